The maximum Gasteiger partial charge on any atom is 0.262 e. The van der Waals surface area contributed by atoms with E-state index in [9.17, 15) is 4.79 Å². The van der Waals surface area contributed by atoms with Gasteiger partial charge in [0.1, 0.15) is 5.75 Å². The highest BCUT2D eigenvalue weighted by Crippen LogP contribution is 2.28. The minimum Gasteiger partial charge on any atom is -0.497 e. The zero-order valence-electron chi connectivity index (χ0n) is 18.8. The summed E-state index contributed by atoms with van der Waals surface area (Å²) in [6, 6.07) is 21.4. The van der Waals surface area contributed by atoms with Crippen LogP contribution >= 0.6 is 0 Å². The summed E-state index contributed by atoms with van der Waals surface area (Å²) in [4.78, 5) is 12.2. The summed E-state index contributed by atoms with van der Waals surface area (Å²) < 4.78 is 16.6. The fraction of sp³-hybridized carbons (Fsp3) is 0.269. The summed E-state index contributed by atoms with van der Waals surface area (Å²) in [5.41, 5.74) is 4.13. The third kappa shape index (κ3) is 7.03. The summed E-state index contributed by atoms with van der Waals surface area (Å²) in [5, 5.41) is 6.25. The van der Waals surface area contributed by atoms with Gasteiger partial charge >= 0.3 is 0 Å². The Morgan fingerprint density at radius 3 is 2.22 bits per heavy atom. The molecule has 3 aromatic carbocycles. The largest absolute Gasteiger partial charge is 0.497 e. The quantitative estimate of drug-likeness (QED) is 0.457. The number of aryl methyl sites for hydroxylation is 1. The van der Waals surface area contributed by atoms with Gasteiger partial charge in [-0.25, -0.2) is 0 Å². The van der Waals surface area contributed by atoms with Crippen LogP contribution in [0, 0.1) is 6.92 Å². The number of amides is 1. The lowest BCUT2D eigenvalue weighted by atomic mass is 10.2. The molecule has 0 saturated carbocycles. The van der Waals surface area contributed by atoms with Crippen LogP contribution < -0.4 is 24.8 Å². The van der Waals surface area contributed by atoms with Gasteiger partial charge in [0.2, 0.25) is 0 Å². The number of carbonyl (C=O) groups is 1. The molecular formula is C26H30N2O4. The normalized spacial score (nSPS) is 10.5. The van der Waals surface area contributed by atoms with Crippen molar-refractivity contribution < 1.29 is 19.0 Å². The van der Waals surface area contributed by atoms with Gasteiger partial charge in [-0.1, -0.05) is 35.9 Å². The minimum absolute atomic E-state index is 0.0942. The first-order chi connectivity index (χ1) is 15.6. The number of carbonyl (C=O) groups excluding carboxylic acids is 1. The molecule has 0 aliphatic carbocycles. The van der Waals surface area contributed by atoms with Crippen LogP contribution in [-0.2, 0) is 17.9 Å². The molecule has 0 atom stereocenters. The first-order valence-corrected chi connectivity index (χ1v) is 10.7. The number of ether oxygens (including phenoxy) is 3. The standard InChI is InChI=1S/C26H30N2O4/c1-4-31-25-15-21(17-27-16-20-7-12-23(30-3)13-8-20)9-14-24(25)32-18-26(29)28-22-10-5-19(2)6-11-22/h5-15,27H,4,16-18H2,1-3H3,(H,28,29). The predicted octanol–water partition coefficient (Wildman–Crippen LogP) is 4.71. The van der Waals surface area contributed by atoms with Crippen molar-refractivity contribution in [3.8, 4) is 17.2 Å². The summed E-state index contributed by atoms with van der Waals surface area (Å²) >= 11 is 0. The van der Waals surface area contributed by atoms with Crippen molar-refractivity contribution in [2.45, 2.75) is 26.9 Å². The van der Waals surface area contributed by atoms with E-state index >= 15 is 0 Å². The van der Waals surface area contributed by atoms with Gasteiger partial charge in [0.25, 0.3) is 5.91 Å². The van der Waals surface area contributed by atoms with Crippen molar-refractivity contribution in [3.05, 3.63) is 83.4 Å². The predicted molar refractivity (Wildman–Crippen MR) is 126 cm³/mol. The monoisotopic (exact) mass is 434 g/mol. The number of anilines is 1. The van der Waals surface area contributed by atoms with E-state index in [4.69, 9.17) is 14.2 Å². The number of nitrogens with one attached hydrogen (secondary N) is 2. The molecule has 2 N–H and O–H groups in total. The molecule has 0 saturated heterocycles. The molecular weight excluding hydrogens is 404 g/mol. The number of hydrogen-bond donors (Lipinski definition) is 2. The fourth-order valence-corrected chi connectivity index (χ4v) is 3.12. The highest BCUT2D eigenvalue weighted by molar-refractivity contribution is 5.91. The average molecular weight is 435 g/mol. The molecule has 0 spiro atoms. The molecule has 0 bridgehead atoms. The van der Waals surface area contributed by atoms with Crippen molar-refractivity contribution in [3.63, 3.8) is 0 Å². The van der Waals surface area contributed by atoms with Gasteiger partial charge in [-0.3, -0.25) is 4.79 Å². The maximum absolute atomic E-state index is 12.2. The van der Waals surface area contributed by atoms with E-state index in [-0.39, 0.29) is 12.5 Å². The van der Waals surface area contributed by atoms with E-state index in [1.807, 2.05) is 80.6 Å². The lowest BCUT2D eigenvalue weighted by molar-refractivity contribution is -0.118. The van der Waals surface area contributed by atoms with Crippen molar-refractivity contribution in [2.75, 3.05) is 25.6 Å². The molecule has 32 heavy (non-hydrogen) atoms. The molecule has 0 fully saturated rings. The topological polar surface area (TPSA) is 68.8 Å². The van der Waals surface area contributed by atoms with E-state index in [0.29, 0.717) is 24.7 Å². The van der Waals surface area contributed by atoms with Crippen molar-refractivity contribution in [1.82, 2.24) is 5.32 Å². The third-order valence-electron chi connectivity index (χ3n) is 4.82. The van der Waals surface area contributed by atoms with Gasteiger partial charge in [-0.2, -0.15) is 0 Å². The molecule has 0 aliphatic heterocycles. The van der Waals surface area contributed by atoms with E-state index in [1.54, 1.807) is 7.11 Å². The van der Waals surface area contributed by atoms with Crippen LogP contribution in [0.3, 0.4) is 0 Å². The van der Waals surface area contributed by atoms with Crippen LogP contribution in [0.25, 0.3) is 0 Å². The van der Waals surface area contributed by atoms with E-state index in [2.05, 4.69) is 10.6 Å². The zero-order valence-corrected chi connectivity index (χ0v) is 18.8. The van der Waals surface area contributed by atoms with Crippen LogP contribution in [0.1, 0.15) is 23.6 Å². The second-order valence-electron chi connectivity index (χ2n) is 7.37. The van der Waals surface area contributed by atoms with Crippen LogP contribution in [0.4, 0.5) is 5.69 Å². The highest BCUT2D eigenvalue weighted by atomic mass is 16.5. The van der Waals surface area contributed by atoms with Crippen molar-refractivity contribution in [1.29, 1.82) is 0 Å². The summed E-state index contributed by atoms with van der Waals surface area (Å²) in [6.45, 7) is 5.76. The SMILES string of the molecule is CCOc1cc(CNCc2ccc(OC)cc2)ccc1OCC(=O)Nc1ccc(C)cc1. The number of benzene rings is 3. The lowest BCUT2D eigenvalue weighted by Crippen LogP contribution is -2.20. The summed E-state index contributed by atoms with van der Waals surface area (Å²) in [5.74, 6) is 1.80. The van der Waals surface area contributed by atoms with Gasteiger partial charge in [-0.05, 0) is 61.4 Å². The van der Waals surface area contributed by atoms with Crippen LogP contribution in [0.5, 0.6) is 17.2 Å². The highest BCUT2D eigenvalue weighted by Gasteiger charge is 2.10. The Balaban J connectivity index is 1.53. The average Bonchev–Trinajstić information content (AvgIpc) is 2.81. The zero-order chi connectivity index (χ0) is 22.8. The molecule has 1 amide bonds. The molecule has 0 unspecified atom stereocenters. The van der Waals surface area contributed by atoms with Gasteiger partial charge in [-0.15, -0.1) is 0 Å². The van der Waals surface area contributed by atoms with Crippen molar-refractivity contribution in [2.24, 2.45) is 0 Å². The molecule has 3 rings (SSSR count). The summed E-state index contributed by atoms with van der Waals surface area (Å²) in [6.07, 6.45) is 0. The molecule has 6 nitrogen and oxygen atoms in total. The lowest BCUT2D eigenvalue weighted by Gasteiger charge is -2.14. The second-order valence-corrected chi connectivity index (χ2v) is 7.37. The van der Waals surface area contributed by atoms with Gasteiger partial charge in [0, 0.05) is 18.8 Å². The molecule has 3 aromatic rings. The Morgan fingerprint density at radius 2 is 1.53 bits per heavy atom. The molecule has 0 radical (unpaired) electrons. The summed E-state index contributed by atoms with van der Waals surface area (Å²) in [7, 11) is 1.66. The Labute approximate surface area is 189 Å². The van der Waals surface area contributed by atoms with Crippen LogP contribution in [-0.4, -0.2) is 26.2 Å². The van der Waals surface area contributed by atoms with E-state index < -0.39 is 0 Å². The van der Waals surface area contributed by atoms with Crippen LogP contribution in [0.2, 0.25) is 0 Å². The van der Waals surface area contributed by atoms with Gasteiger partial charge in [0.05, 0.1) is 13.7 Å². The van der Waals surface area contributed by atoms with Gasteiger partial charge in [0.15, 0.2) is 18.1 Å². The molecule has 0 aromatic heterocycles. The number of rotatable bonds is 11. The smallest absolute Gasteiger partial charge is 0.262 e. The first-order valence-electron chi connectivity index (χ1n) is 10.7. The third-order valence-corrected chi connectivity index (χ3v) is 4.82. The van der Waals surface area contributed by atoms with E-state index in [1.165, 1.54) is 5.56 Å². The molecule has 168 valence electrons. The van der Waals surface area contributed by atoms with E-state index in [0.717, 1.165) is 29.1 Å². The van der Waals surface area contributed by atoms with Crippen molar-refractivity contribution >= 4 is 11.6 Å². The minimum atomic E-state index is -0.221. The van der Waals surface area contributed by atoms with Crippen LogP contribution in [0.15, 0.2) is 66.7 Å². The molecule has 6 heteroatoms. The Morgan fingerprint density at radius 1 is 0.844 bits per heavy atom. The second kappa shape index (κ2) is 11.8. The number of methoxy groups -OCH3 is 1. The fourth-order valence-electron chi connectivity index (χ4n) is 3.12. The molecule has 0 aliphatic rings. The molecule has 0 heterocycles. The Bertz CT molecular complexity index is 1000. The Kier molecular flexibility index (Phi) is 8.52. The number of hydrogen-bond acceptors (Lipinski definition) is 5. The Hall–Kier alpha value is -3.51. The van der Waals surface area contributed by atoms with Gasteiger partial charge < -0.3 is 24.8 Å². The maximum atomic E-state index is 12.2. The first kappa shape index (κ1) is 23.2.